The van der Waals surface area contributed by atoms with Gasteiger partial charge in [0.25, 0.3) is 5.92 Å². The van der Waals surface area contributed by atoms with Crippen LogP contribution in [0, 0.1) is 5.92 Å². The van der Waals surface area contributed by atoms with E-state index in [-0.39, 0.29) is 25.5 Å². The number of nitrogens with one attached hydrogen (secondary N) is 1. The van der Waals surface area contributed by atoms with Crippen LogP contribution in [0.25, 0.3) is 0 Å². The summed E-state index contributed by atoms with van der Waals surface area (Å²) < 4.78 is 71.2. The van der Waals surface area contributed by atoms with E-state index in [1.807, 2.05) is 0 Å². The molecule has 1 saturated heterocycles. The first-order valence-corrected chi connectivity index (χ1v) is 8.27. The molecular weight excluding hydrogens is 375 g/mol. The molecule has 27 heavy (non-hydrogen) atoms. The molecule has 1 fully saturated rings. The van der Waals surface area contributed by atoms with Gasteiger partial charge in [0.1, 0.15) is 5.60 Å². The molecule has 152 valence electrons. The van der Waals surface area contributed by atoms with Gasteiger partial charge in [0.15, 0.2) is 0 Å². The van der Waals surface area contributed by atoms with E-state index in [0.29, 0.717) is 12.4 Å². The number of ether oxygens (including phenoxy) is 1. The van der Waals surface area contributed by atoms with Gasteiger partial charge in [-0.1, -0.05) is 0 Å². The van der Waals surface area contributed by atoms with Crippen molar-refractivity contribution in [1.29, 1.82) is 0 Å². The molecule has 0 aromatic carbocycles. The van der Waals surface area contributed by atoms with Crippen molar-refractivity contribution in [2.45, 2.75) is 44.9 Å². The molecule has 0 saturated carbocycles. The number of aromatic nitrogens is 2. The molecule has 0 radical (unpaired) electrons. The minimum atomic E-state index is -4.57. The fraction of sp³-hybridized carbons (Fsp3) is 0.688. The number of piperidine rings is 1. The summed E-state index contributed by atoms with van der Waals surface area (Å²) >= 11 is 0. The van der Waals surface area contributed by atoms with E-state index >= 15 is 0 Å². The molecule has 1 aliphatic rings. The zero-order valence-electron chi connectivity index (χ0n) is 15.1. The molecule has 1 aromatic heterocycles. The first-order chi connectivity index (χ1) is 12.3. The fourth-order valence-electron chi connectivity index (χ4n) is 2.50. The predicted octanol–water partition coefficient (Wildman–Crippen LogP) is 3.80. The lowest BCUT2D eigenvalue weighted by Gasteiger charge is -2.38. The van der Waals surface area contributed by atoms with Crippen LogP contribution in [0.1, 0.15) is 32.8 Å². The molecule has 0 bridgehead atoms. The number of nitrogens with zero attached hydrogens (tertiary/aromatic N) is 3. The Morgan fingerprint density at radius 2 is 1.89 bits per heavy atom. The highest BCUT2D eigenvalue weighted by Gasteiger charge is 2.46. The Bertz CT molecular complexity index is 658. The Balaban J connectivity index is 1.92. The van der Waals surface area contributed by atoms with Gasteiger partial charge in [-0.15, -0.1) is 0 Å². The van der Waals surface area contributed by atoms with E-state index in [2.05, 4.69) is 15.3 Å². The Hall–Kier alpha value is -2.20. The molecule has 1 N–H and O–H groups in total. The van der Waals surface area contributed by atoms with Crippen molar-refractivity contribution in [3.63, 3.8) is 0 Å². The second-order valence-electron chi connectivity index (χ2n) is 7.32. The van der Waals surface area contributed by atoms with E-state index in [1.165, 1.54) is 0 Å². The molecule has 1 amide bonds. The number of halogens is 5. The van der Waals surface area contributed by atoms with Gasteiger partial charge in [0, 0.05) is 31.4 Å². The molecular formula is C16H21F5N4O2. The van der Waals surface area contributed by atoms with Crippen molar-refractivity contribution < 1.29 is 31.5 Å². The number of likely N-dealkylation sites (tertiary alicyclic amines) is 1. The van der Waals surface area contributed by atoms with Crippen molar-refractivity contribution in [3.8, 4) is 0 Å². The molecule has 2 rings (SSSR count). The normalized spacial score (nSPS) is 20.3. The van der Waals surface area contributed by atoms with E-state index in [0.717, 1.165) is 4.90 Å². The maximum Gasteiger partial charge on any atom is 0.419 e. The van der Waals surface area contributed by atoms with Crippen LogP contribution in [0.5, 0.6) is 0 Å². The summed E-state index contributed by atoms with van der Waals surface area (Å²) in [6, 6.07) is 0. The number of hydrogen-bond acceptors (Lipinski definition) is 5. The minimum absolute atomic E-state index is 0.000121. The Labute approximate surface area is 153 Å². The summed E-state index contributed by atoms with van der Waals surface area (Å²) in [5, 5.41) is 2.53. The average Bonchev–Trinajstić information content (AvgIpc) is 2.51. The third-order valence-corrected chi connectivity index (χ3v) is 3.88. The highest BCUT2D eigenvalue weighted by Crippen LogP contribution is 2.34. The number of carbonyl (C=O) groups excluding carboxylic acids is 1. The topological polar surface area (TPSA) is 67.3 Å². The Kier molecular flexibility index (Phi) is 5.81. The fourth-order valence-corrected chi connectivity index (χ4v) is 2.50. The molecule has 2 heterocycles. The maximum atomic E-state index is 14.4. The van der Waals surface area contributed by atoms with Crippen LogP contribution in [0.3, 0.4) is 0 Å². The Morgan fingerprint density at radius 1 is 1.30 bits per heavy atom. The number of hydrogen-bond donors (Lipinski definition) is 1. The van der Waals surface area contributed by atoms with Crippen LogP contribution in [0.15, 0.2) is 12.4 Å². The number of rotatable bonds is 3. The number of anilines is 1. The SMILES string of the molecule is CC(C)(C)OC(=O)N1CC[C@@H](CNc2ncc(C(F)(F)F)cn2)C(F)(F)C1. The third kappa shape index (κ3) is 5.90. The number of alkyl halides is 5. The first kappa shape index (κ1) is 21.1. The third-order valence-electron chi connectivity index (χ3n) is 3.88. The average molecular weight is 396 g/mol. The van der Waals surface area contributed by atoms with Crippen molar-refractivity contribution in [3.05, 3.63) is 18.0 Å². The van der Waals surface area contributed by atoms with Gasteiger partial charge < -0.3 is 15.0 Å². The molecule has 1 aromatic rings. The Morgan fingerprint density at radius 3 is 2.37 bits per heavy atom. The van der Waals surface area contributed by atoms with Gasteiger partial charge in [-0.25, -0.2) is 23.5 Å². The quantitative estimate of drug-likeness (QED) is 0.788. The first-order valence-electron chi connectivity index (χ1n) is 8.27. The molecule has 11 heteroatoms. The van der Waals surface area contributed by atoms with Crippen LogP contribution in [-0.4, -0.2) is 52.1 Å². The number of amides is 1. The van der Waals surface area contributed by atoms with Gasteiger partial charge in [-0.2, -0.15) is 13.2 Å². The smallest absolute Gasteiger partial charge is 0.419 e. The lowest BCUT2D eigenvalue weighted by atomic mass is 9.93. The highest BCUT2D eigenvalue weighted by molar-refractivity contribution is 5.68. The molecule has 1 aliphatic heterocycles. The van der Waals surface area contributed by atoms with Crippen molar-refractivity contribution in [2.24, 2.45) is 5.92 Å². The lowest BCUT2D eigenvalue weighted by molar-refractivity contribution is -0.138. The standard InChI is InChI=1S/C16H21F5N4O2/c1-14(2,3)27-13(26)25-5-4-10(15(17,18)9-25)6-22-12-23-7-11(8-24-12)16(19,20)21/h7-8,10H,4-6,9H2,1-3H3,(H,22,23,24)/t10-/m0/s1. The zero-order valence-corrected chi connectivity index (χ0v) is 15.1. The second-order valence-corrected chi connectivity index (χ2v) is 7.32. The van der Waals surface area contributed by atoms with Crippen molar-refractivity contribution in [1.82, 2.24) is 14.9 Å². The lowest BCUT2D eigenvalue weighted by Crippen LogP contribution is -2.53. The molecule has 0 unspecified atom stereocenters. The van der Waals surface area contributed by atoms with Gasteiger partial charge in [-0.05, 0) is 27.2 Å². The van der Waals surface area contributed by atoms with E-state index in [9.17, 15) is 26.7 Å². The van der Waals surface area contributed by atoms with E-state index in [1.54, 1.807) is 20.8 Å². The summed E-state index contributed by atoms with van der Waals surface area (Å²) in [5.74, 6) is -4.48. The predicted molar refractivity (Wildman–Crippen MR) is 86.4 cm³/mol. The van der Waals surface area contributed by atoms with E-state index in [4.69, 9.17) is 4.74 Å². The monoisotopic (exact) mass is 396 g/mol. The van der Waals surface area contributed by atoms with Gasteiger partial charge >= 0.3 is 12.3 Å². The van der Waals surface area contributed by atoms with Crippen LogP contribution >= 0.6 is 0 Å². The molecule has 6 nitrogen and oxygen atoms in total. The molecule has 1 atom stereocenters. The summed E-state index contributed by atoms with van der Waals surface area (Å²) in [7, 11) is 0. The summed E-state index contributed by atoms with van der Waals surface area (Å²) in [4.78, 5) is 19.9. The summed E-state index contributed by atoms with van der Waals surface area (Å²) in [5.41, 5.74) is -1.81. The van der Waals surface area contributed by atoms with Crippen LogP contribution in [0.4, 0.5) is 32.7 Å². The maximum absolute atomic E-state index is 14.4. The second kappa shape index (κ2) is 7.43. The number of carbonyl (C=O) groups is 1. The van der Waals surface area contributed by atoms with Gasteiger partial charge in [0.05, 0.1) is 12.1 Å². The van der Waals surface area contributed by atoms with Crippen molar-refractivity contribution in [2.75, 3.05) is 25.0 Å². The van der Waals surface area contributed by atoms with Crippen LogP contribution in [0.2, 0.25) is 0 Å². The zero-order chi connectivity index (χ0) is 20.5. The van der Waals surface area contributed by atoms with Gasteiger partial charge in [0.2, 0.25) is 5.95 Å². The molecule has 0 spiro atoms. The van der Waals surface area contributed by atoms with Crippen molar-refractivity contribution >= 4 is 12.0 Å². The highest BCUT2D eigenvalue weighted by atomic mass is 19.4. The summed E-state index contributed by atoms with van der Waals surface area (Å²) in [6.07, 6.45) is -4.21. The van der Waals surface area contributed by atoms with Crippen LogP contribution in [-0.2, 0) is 10.9 Å². The molecule has 0 aliphatic carbocycles. The largest absolute Gasteiger partial charge is 0.444 e. The van der Waals surface area contributed by atoms with E-state index < -0.39 is 41.8 Å². The van der Waals surface area contributed by atoms with Gasteiger partial charge in [-0.3, -0.25) is 0 Å². The summed E-state index contributed by atoms with van der Waals surface area (Å²) in [6.45, 7) is 3.99. The minimum Gasteiger partial charge on any atom is -0.444 e. The van der Waals surface area contributed by atoms with Crippen LogP contribution < -0.4 is 5.32 Å².